The molecule has 0 unspecified atom stereocenters. The molecular weight excluding hydrogens is 380 g/mol. The number of thiazole rings is 1. The number of fused-ring (bicyclic) bond motifs is 1. The molecule has 1 aromatic carbocycles. The van der Waals surface area contributed by atoms with E-state index >= 15 is 0 Å². The quantitative estimate of drug-likeness (QED) is 0.433. The Balaban J connectivity index is 1.70. The number of rotatable bonds is 7. The fraction of sp³-hybridized carbons (Fsp3) is 0.200. The van der Waals surface area contributed by atoms with Crippen LogP contribution in [0, 0.1) is 0 Å². The second-order valence-electron chi connectivity index (χ2n) is 5.85. The number of nitrogens with zero attached hydrogens (tertiary/aromatic N) is 2. The lowest BCUT2D eigenvalue weighted by atomic mass is 10.3. The van der Waals surface area contributed by atoms with Gasteiger partial charge in [0.25, 0.3) is 0 Å². The van der Waals surface area contributed by atoms with Crippen molar-refractivity contribution in [3.63, 3.8) is 0 Å². The van der Waals surface area contributed by atoms with E-state index in [4.69, 9.17) is 14.1 Å². The number of hydrogen-bond donors (Lipinski definition) is 0. The smallest absolute Gasteiger partial charge is 0.234 e. The zero-order valence-corrected chi connectivity index (χ0v) is 16.4. The number of aromatic nitrogens is 1. The van der Waals surface area contributed by atoms with Gasteiger partial charge in [-0.25, -0.2) is 4.98 Å². The van der Waals surface area contributed by atoms with Crippen LogP contribution in [0.1, 0.15) is 17.6 Å². The second-order valence-corrected chi connectivity index (χ2v) is 7.89. The highest BCUT2D eigenvalue weighted by atomic mass is 32.1. The van der Waals surface area contributed by atoms with Crippen molar-refractivity contribution < 1.29 is 13.9 Å². The molecule has 0 aliphatic carbocycles. The molecular formula is C20H18N2O3S2. The van der Waals surface area contributed by atoms with Gasteiger partial charge in [0.05, 0.1) is 30.5 Å². The van der Waals surface area contributed by atoms with Gasteiger partial charge < -0.3 is 9.15 Å². The van der Waals surface area contributed by atoms with E-state index in [-0.39, 0.29) is 5.91 Å². The van der Waals surface area contributed by atoms with Crippen LogP contribution in [0.3, 0.4) is 0 Å². The minimum Gasteiger partial charge on any atom is -0.492 e. The number of para-hydroxylation sites is 1. The summed E-state index contributed by atoms with van der Waals surface area (Å²) in [6.07, 6.45) is 1.95. The SMILES string of the molecule is CCOc1cccc2sc(N(Cc3ccco3)C(=O)Cc3cccs3)nc12. The molecule has 0 saturated heterocycles. The summed E-state index contributed by atoms with van der Waals surface area (Å²) in [6.45, 7) is 2.86. The Morgan fingerprint density at radius 1 is 1.22 bits per heavy atom. The third kappa shape index (κ3) is 3.89. The van der Waals surface area contributed by atoms with E-state index in [1.54, 1.807) is 22.5 Å². The van der Waals surface area contributed by atoms with Gasteiger partial charge in [0.1, 0.15) is 17.0 Å². The summed E-state index contributed by atoms with van der Waals surface area (Å²) in [4.78, 5) is 20.5. The van der Waals surface area contributed by atoms with Gasteiger partial charge in [-0.3, -0.25) is 9.69 Å². The van der Waals surface area contributed by atoms with E-state index in [2.05, 4.69) is 0 Å². The second kappa shape index (κ2) is 7.94. The average Bonchev–Trinajstić information content (AvgIpc) is 3.41. The lowest BCUT2D eigenvalue weighted by molar-refractivity contribution is -0.118. The van der Waals surface area contributed by atoms with Crippen LogP contribution in [0.5, 0.6) is 5.75 Å². The average molecular weight is 399 g/mol. The predicted octanol–water partition coefficient (Wildman–Crippen LogP) is 5.13. The summed E-state index contributed by atoms with van der Waals surface area (Å²) in [5.74, 6) is 1.45. The summed E-state index contributed by atoms with van der Waals surface area (Å²) >= 11 is 3.06. The molecule has 138 valence electrons. The number of thiophene rings is 1. The summed E-state index contributed by atoms with van der Waals surface area (Å²) in [7, 11) is 0. The van der Waals surface area contributed by atoms with Gasteiger partial charge in [-0.1, -0.05) is 23.5 Å². The monoisotopic (exact) mass is 398 g/mol. The number of benzene rings is 1. The maximum absolute atomic E-state index is 13.1. The molecule has 0 atom stereocenters. The molecule has 1 amide bonds. The number of anilines is 1. The Kier molecular flexibility index (Phi) is 5.22. The van der Waals surface area contributed by atoms with Gasteiger partial charge in [-0.05, 0) is 42.6 Å². The number of furan rings is 1. The van der Waals surface area contributed by atoms with Crippen LogP contribution in [-0.2, 0) is 17.8 Å². The van der Waals surface area contributed by atoms with Gasteiger partial charge in [-0.2, -0.15) is 0 Å². The van der Waals surface area contributed by atoms with Gasteiger partial charge in [-0.15, -0.1) is 11.3 Å². The number of ether oxygens (including phenoxy) is 1. The van der Waals surface area contributed by atoms with Crippen LogP contribution in [0.2, 0.25) is 0 Å². The Labute approximate surface area is 164 Å². The summed E-state index contributed by atoms with van der Waals surface area (Å²) in [5.41, 5.74) is 0.785. The zero-order valence-electron chi connectivity index (χ0n) is 14.8. The molecule has 3 heterocycles. The Morgan fingerprint density at radius 2 is 2.15 bits per heavy atom. The fourth-order valence-corrected chi connectivity index (χ4v) is 4.47. The topological polar surface area (TPSA) is 55.6 Å². The zero-order chi connectivity index (χ0) is 18.6. The third-order valence-corrected chi connectivity index (χ3v) is 5.92. The molecule has 4 aromatic rings. The van der Waals surface area contributed by atoms with Crippen molar-refractivity contribution in [3.8, 4) is 5.75 Å². The van der Waals surface area contributed by atoms with Gasteiger partial charge >= 0.3 is 0 Å². The normalized spacial score (nSPS) is 11.0. The van der Waals surface area contributed by atoms with Crippen LogP contribution < -0.4 is 9.64 Å². The maximum Gasteiger partial charge on any atom is 0.234 e. The number of carbonyl (C=O) groups excluding carboxylic acids is 1. The summed E-state index contributed by atoms with van der Waals surface area (Å²) in [5, 5.41) is 2.63. The van der Waals surface area contributed by atoms with Crippen LogP contribution in [-0.4, -0.2) is 17.5 Å². The van der Waals surface area contributed by atoms with Crippen molar-refractivity contribution in [1.82, 2.24) is 4.98 Å². The van der Waals surface area contributed by atoms with Crippen LogP contribution in [0.4, 0.5) is 5.13 Å². The minimum absolute atomic E-state index is 0.00846. The van der Waals surface area contributed by atoms with Crippen molar-refractivity contribution in [1.29, 1.82) is 0 Å². The first kappa shape index (κ1) is 17.8. The molecule has 0 saturated carbocycles. The Hall–Kier alpha value is -2.64. The lowest BCUT2D eigenvalue weighted by Crippen LogP contribution is -2.31. The fourth-order valence-electron chi connectivity index (χ4n) is 2.78. The van der Waals surface area contributed by atoms with Crippen molar-refractivity contribution in [2.75, 3.05) is 11.5 Å². The van der Waals surface area contributed by atoms with E-state index in [1.165, 1.54) is 11.3 Å². The Morgan fingerprint density at radius 3 is 2.89 bits per heavy atom. The van der Waals surface area contributed by atoms with Gasteiger partial charge in [0, 0.05) is 4.88 Å². The largest absolute Gasteiger partial charge is 0.492 e. The van der Waals surface area contributed by atoms with Crippen molar-refractivity contribution >= 4 is 43.9 Å². The van der Waals surface area contributed by atoms with Crippen LogP contribution >= 0.6 is 22.7 Å². The molecule has 4 rings (SSSR count). The molecule has 0 fully saturated rings. The molecule has 0 spiro atoms. The molecule has 0 aliphatic heterocycles. The van der Waals surface area contributed by atoms with E-state index in [1.807, 2.05) is 54.8 Å². The number of amides is 1. The molecule has 0 radical (unpaired) electrons. The summed E-state index contributed by atoms with van der Waals surface area (Å²) < 4.78 is 12.1. The molecule has 0 N–H and O–H groups in total. The first-order valence-corrected chi connectivity index (χ1v) is 10.3. The van der Waals surface area contributed by atoms with Crippen LogP contribution in [0.25, 0.3) is 10.2 Å². The minimum atomic E-state index is -0.00846. The number of carbonyl (C=O) groups is 1. The Bertz CT molecular complexity index is 1020. The first-order valence-electron chi connectivity index (χ1n) is 8.62. The molecule has 7 heteroatoms. The molecule has 27 heavy (non-hydrogen) atoms. The van der Waals surface area contributed by atoms with Crippen molar-refractivity contribution in [3.05, 3.63) is 64.7 Å². The van der Waals surface area contributed by atoms with E-state index < -0.39 is 0 Å². The first-order chi connectivity index (χ1) is 13.2. The van der Waals surface area contributed by atoms with E-state index in [0.29, 0.717) is 24.7 Å². The van der Waals surface area contributed by atoms with Crippen LogP contribution in [0.15, 0.2) is 58.5 Å². The maximum atomic E-state index is 13.1. The molecule has 0 aliphatic rings. The van der Waals surface area contributed by atoms with Gasteiger partial charge in [0.15, 0.2) is 5.13 Å². The molecule has 0 bridgehead atoms. The highest BCUT2D eigenvalue weighted by molar-refractivity contribution is 7.22. The molecule has 3 aromatic heterocycles. The summed E-state index contributed by atoms with van der Waals surface area (Å²) in [6, 6.07) is 13.5. The third-order valence-electron chi connectivity index (χ3n) is 4.00. The van der Waals surface area contributed by atoms with E-state index in [0.717, 1.165) is 26.6 Å². The van der Waals surface area contributed by atoms with Crippen molar-refractivity contribution in [2.45, 2.75) is 19.9 Å². The van der Waals surface area contributed by atoms with Crippen molar-refractivity contribution in [2.24, 2.45) is 0 Å². The predicted molar refractivity (Wildman–Crippen MR) is 109 cm³/mol. The number of hydrogen-bond acceptors (Lipinski definition) is 6. The van der Waals surface area contributed by atoms with Gasteiger partial charge in [0.2, 0.25) is 5.91 Å². The highest BCUT2D eigenvalue weighted by Gasteiger charge is 2.22. The van der Waals surface area contributed by atoms with E-state index in [9.17, 15) is 4.79 Å². The highest BCUT2D eigenvalue weighted by Crippen LogP contribution is 2.35. The molecule has 5 nitrogen and oxygen atoms in total. The standard InChI is InChI=1S/C20H18N2O3S2/c1-2-24-16-8-3-9-17-19(16)21-20(27-17)22(13-14-6-4-10-25-14)18(23)12-15-7-5-11-26-15/h3-11H,2,12-13H2,1H3. The lowest BCUT2D eigenvalue weighted by Gasteiger charge is -2.18.